The van der Waals surface area contributed by atoms with Gasteiger partial charge in [0.2, 0.25) is 5.91 Å². The Morgan fingerprint density at radius 1 is 1.11 bits per heavy atom. The van der Waals surface area contributed by atoms with Gasteiger partial charge in [-0.25, -0.2) is 0 Å². The van der Waals surface area contributed by atoms with E-state index in [0.29, 0.717) is 11.6 Å². The first kappa shape index (κ1) is 20.2. The van der Waals surface area contributed by atoms with Gasteiger partial charge in [0, 0.05) is 56.5 Å². The molecule has 0 radical (unpaired) electrons. The maximum absolute atomic E-state index is 12.7. The van der Waals surface area contributed by atoms with E-state index in [0.717, 1.165) is 39.0 Å². The van der Waals surface area contributed by atoms with Crippen molar-refractivity contribution in [2.45, 2.75) is 45.2 Å². The van der Waals surface area contributed by atoms with Gasteiger partial charge in [0.25, 0.3) is 0 Å². The topological polar surface area (TPSA) is 53.5 Å². The van der Waals surface area contributed by atoms with E-state index >= 15 is 0 Å². The number of ketones is 1. The number of aromatic nitrogens is 1. The van der Waals surface area contributed by atoms with Crippen molar-refractivity contribution >= 4 is 11.7 Å². The zero-order chi connectivity index (χ0) is 19.8. The largest absolute Gasteiger partial charge is 0.341 e. The van der Waals surface area contributed by atoms with E-state index in [9.17, 15) is 9.59 Å². The molecule has 3 rings (SSSR count). The average Bonchev–Trinajstić information content (AvgIpc) is 2.77. The number of hydrogen-bond acceptors (Lipinski definition) is 4. The van der Waals surface area contributed by atoms with Gasteiger partial charge in [0.1, 0.15) is 0 Å². The molecule has 1 aliphatic rings. The van der Waals surface area contributed by atoms with Crippen LogP contribution < -0.4 is 0 Å². The van der Waals surface area contributed by atoms with Crippen LogP contribution in [0.3, 0.4) is 0 Å². The van der Waals surface area contributed by atoms with Crippen molar-refractivity contribution in [1.29, 1.82) is 0 Å². The van der Waals surface area contributed by atoms with E-state index in [1.807, 2.05) is 59.8 Å². The first-order valence-corrected chi connectivity index (χ1v) is 10.2. The van der Waals surface area contributed by atoms with Crippen LogP contribution in [-0.2, 0) is 11.3 Å². The molecule has 1 aromatic carbocycles. The number of hydrogen-bond donors (Lipinski definition) is 0. The predicted molar refractivity (Wildman–Crippen MR) is 110 cm³/mol. The molecule has 0 saturated carbocycles. The number of carbonyl (C=O) groups is 2. The highest BCUT2D eigenvalue weighted by atomic mass is 16.2. The van der Waals surface area contributed by atoms with Crippen LogP contribution in [0.15, 0.2) is 54.9 Å². The number of rotatable bonds is 8. The molecule has 1 aliphatic heterocycles. The summed E-state index contributed by atoms with van der Waals surface area (Å²) in [6, 6.07) is 13.7. The van der Waals surface area contributed by atoms with Gasteiger partial charge in [-0.05, 0) is 37.1 Å². The Morgan fingerprint density at radius 3 is 2.57 bits per heavy atom. The van der Waals surface area contributed by atoms with Crippen LogP contribution in [0.5, 0.6) is 0 Å². The van der Waals surface area contributed by atoms with E-state index in [-0.39, 0.29) is 24.5 Å². The molecule has 1 unspecified atom stereocenters. The number of Topliss-reactive ketones (excluding diaryl/α,β-unsaturated/α-hetero) is 1. The second-order valence-corrected chi connectivity index (χ2v) is 7.34. The molecule has 2 aromatic rings. The van der Waals surface area contributed by atoms with E-state index in [2.05, 4.69) is 16.8 Å². The van der Waals surface area contributed by atoms with Crippen LogP contribution in [0.2, 0.25) is 0 Å². The summed E-state index contributed by atoms with van der Waals surface area (Å²) in [6.07, 6.45) is 6.32. The Labute approximate surface area is 167 Å². The summed E-state index contributed by atoms with van der Waals surface area (Å²) >= 11 is 0. The fraction of sp³-hybridized carbons (Fsp3) is 0.435. The quantitative estimate of drug-likeness (QED) is 0.658. The molecule has 28 heavy (non-hydrogen) atoms. The fourth-order valence-electron chi connectivity index (χ4n) is 3.85. The molecule has 0 spiro atoms. The summed E-state index contributed by atoms with van der Waals surface area (Å²) in [7, 11) is 0. The van der Waals surface area contributed by atoms with Crippen molar-refractivity contribution in [2.24, 2.45) is 0 Å². The molecular weight excluding hydrogens is 350 g/mol. The lowest BCUT2D eigenvalue weighted by Crippen LogP contribution is -2.49. The smallest absolute Gasteiger partial charge is 0.223 e. The lowest BCUT2D eigenvalue weighted by atomic mass is 10.0. The average molecular weight is 380 g/mol. The number of likely N-dealkylation sites (N-methyl/N-ethyl adjacent to an activating group) is 1. The summed E-state index contributed by atoms with van der Waals surface area (Å²) in [4.78, 5) is 33.4. The normalized spacial score (nSPS) is 16.9. The maximum Gasteiger partial charge on any atom is 0.223 e. The van der Waals surface area contributed by atoms with Crippen LogP contribution in [0, 0.1) is 0 Å². The third kappa shape index (κ3) is 5.49. The molecule has 2 heterocycles. The highest BCUT2D eigenvalue weighted by Gasteiger charge is 2.27. The summed E-state index contributed by atoms with van der Waals surface area (Å²) in [5.41, 5.74) is 1.93. The Bertz CT molecular complexity index is 764. The number of pyridine rings is 1. The lowest BCUT2D eigenvalue weighted by molar-refractivity contribution is -0.133. The summed E-state index contributed by atoms with van der Waals surface area (Å²) < 4.78 is 0. The number of amides is 1. The van der Waals surface area contributed by atoms with E-state index < -0.39 is 0 Å². The monoisotopic (exact) mass is 379 g/mol. The van der Waals surface area contributed by atoms with Crippen molar-refractivity contribution in [3.05, 3.63) is 66.0 Å². The van der Waals surface area contributed by atoms with E-state index in [1.54, 1.807) is 0 Å². The minimum atomic E-state index is 0.0374. The third-order valence-corrected chi connectivity index (χ3v) is 5.47. The van der Waals surface area contributed by atoms with Gasteiger partial charge in [-0.2, -0.15) is 0 Å². The van der Waals surface area contributed by atoms with Crippen molar-refractivity contribution in [2.75, 3.05) is 19.6 Å². The summed E-state index contributed by atoms with van der Waals surface area (Å²) in [5, 5.41) is 0. The Morgan fingerprint density at radius 2 is 1.86 bits per heavy atom. The zero-order valence-electron chi connectivity index (χ0n) is 16.6. The molecule has 0 bridgehead atoms. The maximum atomic E-state index is 12.7. The molecule has 5 heteroatoms. The molecule has 5 nitrogen and oxygen atoms in total. The first-order valence-electron chi connectivity index (χ1n) is 10.2. The minimum Gasteiger partial charge on any atom is -0.341 e. The minimum absolute atomic E-state index is 0.0374. The number of piperidine rings is 1. The lowest BCUT2D eigenvalue weighted by Gasteiger charge is -2.39. The van der Waals surface area contributed by atoms with Gasteiger partial charge in [-0.15, -0.1) is 0 Å². The van der Waals surface area contributed by atoms with Gasteiger partial charge in [0.15, 0.2) is 5.78 Å². The van der Waals surface area contributed by atoms with Crippen molar-refractivity contribution in [1.82, 2.24) is 14.8 Å². The van der Waals surface area contributed by atoms with Gasteiger partial charge in [-0.1, -0.05) is 37.3 Å². The Balaban J connectivity index is 1.53. The molecule has 0 N–H and O–H groups in total. The zero-order valence-corrected chi connectivity index (χ0v) is 16.6. The molecule has 1 atom stereocenters. The van der Waals surface area contributed by atoms with Crippen LogP contribution in [-0.4, -0.2) is 52.2 Å². The number of benzene rings is 1. The van der Waals surface area contributed by atoms with Gasteiger partial charge in [0.05, 0.1) is 0 Å². The SMILES string of the molecule is CCN(Cc1ccncc1)C1CCCN(C(=O)CCC(=O)c2ccccc2)C1. The predicted octanol–water partition coefficient (Wildman–Crippen LogP) is 3.56. The molecule has 1 aromatic heterocycles. The van der Waals surface area contributed by atoms with E-state index in [1.165, 1.54) is 5.56 Å². The van der Waals surface area contributed by atoms with Crippen LogP contribution in [0.1, 0.15) is 48.5 Å². The van der Waals surface area contributed by atoms with Crippen molar-refractivity contribution in [3.63, 3.8) is 0 Å². The summed E-state index contributed by atoms with van der Waals surface area (Å²) in [5.74, 6) is 0.129. The number of carbonyl (C=O) groups excluding carboxylic acids is 2. The molecule has 148 valence electrons. The molecule has 1 saturated heterocycles. The highest BCUT2D eigenvalue weighted by molar-refractivity contribution is 5.97. The van der Waals surface area contributed by atoms with Crippen LogP contribution in [0.25, 0.3) is 0 Å². The fourth-order valence-corrected chi connectivity index (χ4v) is 3.85. The van der Waals surface area contributed by atoms with Gasteiger partial charge >= 0.3 is 0 Å². The van der Waals surface area contributed by atoms with Crippen molar-refractivity contribution < 1.29 is 9.59 Å². The second kappa shape index (κ2) is 10.1. The Hall–Kier alpha value is -2.53. The van der Waals surface area contributed by atoms with Crippen LogP contribution in [0.4, 0.5) is 0 Å². The van der Waals surface area contributed by atoms with Crippen LogP contribution >= 0.6 is 0 Å². The highest BCUT2D eigenvalue weighted by Crippen LogP contribution is 2.19. The van der Waals surface area contributed by atoms with E-state index in [4.69, 9.17) is 0 Å². The number of likely N-dealkylation sites (tertiary alicyclic amines) is 1. The van der Waals surface area contributed by atoms with Crippen molar-refractivity contribution in [3.8, 4) is 0 Å². The Kier molecular flexibility index (Phi) is 7.31. The first-order chi connectivity index (χ1) is 13.7. The molecule has 1 amide bonds. The standard InChI is InChI=1S/C23H29N3O2/c1-2-25(17-19-12-14-24-15-13-19)21-9-6-16-26(18-21)23(28)11-10-22(27)20-7-4-3-5-8-20/h3-5,7-8,12-15,21H,2,6,9-11,16-18H2,1H3. The van der Waals surface area contributed by atoms with Gasteiger partial charge in [-0.3, -0.25) is 19.5 Å². The molecule has 1 fully saturated rings. The second-order valence-electron chi connectivity index (χ2n) is 7.34. The molecular formula is C23H29N3O2. The number of nitrogens with zero attached hydrogens (tertiary/aromatic N) is 3. The summed E-state index contributed by atoms with van der Waals surface area (Å²) in [6.45, 7) is 5.53. The molecule has 0 aliphatic carbocycles. The third-order valence-electron chi connectivity index (χ3n) is 5.47. The van der Waals surface area contributed by atoms with Gasteiger partial charge < -0.3 is 4.90 Å².